The maximum atomic E-state index is 5.97. The Morgan fingerprint density at radius 3 is 2.68 bits per heavy atom. The molecule has 1 saturated carbocycles. The highest BCUT2D eigenvalue weighted by Gasteiger charge is 2.24. The molecule has 108 valence electrons. The van der Waals surface area contributed by atoms with Crippen LogP contribution in [0.1, 0.15) is 51.8 Å². The lowest BCUT2D eigenvalue weighted by molar-refractivity contribution is 0.306. The molecule has 1 aliphatic carbocycles. The van der Waals surface area contributed by atoms with Crippen LogP contribution in [-0.4, -0.2) is 21.3 Å². The summed E-state index contributed by atoms with van der Waals surface area (Å²) in [6, 6.07) is 0. The fraction of sp³-hybridized carbons (Fsp3) is 0.867. The highest BCUT2D eigenvalue weighted by molar-refractivity contribution is 4.90. The molecule has 1 aromatic heterocycles. The van der Waals surface area contributed by atoms with Crippen molar-refractivity contribution in [1.29, 1.82) is 0 Å². The van der Waals surface area contributed by atoms with Crippen molar-refractivity contribution >= 4 is 0 Å². The van der Waals surface area contributed by atoms with Crippen LogP contribution in [0.5, 0.6) is 0 Å². The molecule has 4 heteroatoms. The van der Waals surface area contributed by atoms with E-state index in [2.05, 4.69) is 28.6 Å². The third kappa shape index (κ3) is 4.03. The van der Waals surface area contributed by atoms with Crippen molar-refractivity contribution < 1.29 is 0 Å². The topological polar surface area (TPSA) is 56.7 Å². The van der Waals surface area contributed by atoms with E-state index in [0.717, 1.165) is 25.3 Å². The van der Waals surface area contributed by atoms with Gasteiger partial charge in [-0.1, -0.05) is 33.1 Å². The Balaban J connectivity index is 2.03. The molecular formula is C15H28N4. The zero-order chi connectivity index (χ0) is 13.7. The van der Waals surface area contributed by atoms with Crippen LogP contribution in [0.15, 0.2) is 6.33 Å². The van der Waals surface area contributed by atoms with E-state index >= 15 is 0 Å². The smallest absolute Gasteiger partial charge is 0.138 e. The zero-order valence-electron chi connectivity index (χ0n) is 12.4. The van der Waals surface area contributed by atoms with Crippen molar-refractivity contribution in [2.75, 3.05) is 6.54 Å². The first-order valence-electron chi connectivity index (χ1n) is 7.77. The van der Waals surface area contributed by atoms with E-state index in [0.29, 0.717) is 17.8 Å². The molecule has 4 nitrogen and oxygen atoms in total. The first kappa shape index (κ1) is 14.5. The number of rotatable bonds is 5. The number of nitrogens with zero attached hydrogens (tertiary/aromatic N) is 3. The summed E-state index contributed by atoms with van der Waals surface area (Å²) < 4.78 is 2.09. The predicted octanol–water partition coefficient (Wildman–Crippen LogP) is 2.63. The third-order valence-corrected chi connectivity index (χ3v) is 4.30. The van der Waals surface area contributed by atoms with Crippen molar-refractivity contribution in [2.45, 2.75) is 58.9 Å². The molecule has 0 spiro atoms. The third-order valence-electron chi connectivity index (χ3n) is 4.30. The van der Waals surface area contributed by atoms with Crippen LogP contribution < -0.4 is 5.73 Å². The molecule has 0 bridgehead atoms. The lowest BCUT2D eigenvalue weighted by Gasteiger charge is -2.23. The minimum atomic E-state index is 0.611. The van der Waals surface area contributed by atoms with E-state index in [1.54, 1.807) is 6.33 Å². The van der Waals surface area contributed by atoms with Gasteiger partial charge in [0.2, 0.25) is 0 Å². The second kappa shape index (κ2) is 7.04. The van der Waals surface area contributed by atoms with Crippen molar-refractivity contribution in [1.82, 2.24) is 14.8 Å². The number of hydrogen-bond donors (Lipinski definition) is 1. The molecule has 0 aromatic carbocycles. The summed E-state index contributed by atoms with van der Waals surface area (Å²) in [6.45, 7) is 6.23. The summed E-state index contributed by atoms with van der Waals surface area (Å²) >= 11 is 0. The van der Waals surface area contributed by atoms with Crippen molar-refractivity contribution in [2.24, 2.45) is 23.5 Å². The SMILES string of the molecule is CC(C)Cn1ncnc1CC1CCCCCC1CN. The quantitative estimate of drug-likeness (QED) is 0.832. The number of hydrogen-bond acceptors (Lipinski definition) is 3. The summed E-state index contributed by atoms with van der Waals surface area (Å²) in [6.07, 6.45) is 9.40. The van der Waals surface area contributed by atoms with Gasteiger partial charge < -0.3 is 5.73 Å². The van der Waals surface area contributed by atoms with Crippen molar-refractivity contribution in [3.8, 4) is 0 Å². The van der Waals surface area contributed by atoms with Gasteiger partial charge in [0.1, 0.15) is 12.2 Å². The van der Waals surface area contributed by atoms with Crippen LogP contribution in [0, 0.1) is 17.8 Å². The van der Waals surface area contributed by atoms with Gasteiger partial charge >= 0.3 is 0 Å². The Morgan fingerprint density at radius 2 is 2.00 bits per heavy atom. The standard InChI is InChI=1S/C15H28N4/c1-12(2)10-19-15(17-11-18-19)8-13-6-4-3-5-7-14(13)9-16/h11-14H,3-10,16H2,1-2H3. The molecule has 2 rings (SSSR count). The molecule has 1 heterocycles. The van der Waals surface area contributed by atoms with E-state index in [4.69, 9.17) is 5.73 Å². The van der Waals surface area contributed by atoms with Gasteiger partial charge in [-0.3, -0.25) is 0 Å². The molecule has 2 unspecified atom stereocenters. The van der Waals surface area contributed by atoms with Crippen LogP contribution in [0.4, 0.5) is 0 Å². The van der Waals surface area contributed by atoms with Crippen LogP contribution >= 0.6 is 0 Å². The van der Waals surface area contributed by atoms with Crippen LogP contribution in [-0.2, 0) is 13.0 Å². The van der Waals surface area contributed by atoms with Gasteiger partial charge in [0, 0.05) is 13.0 Å². The molecule has 1 aromatic rings. The Kier molecular flexibility index (Phi) is 5.37. The van der Waals surface area contributed by atoms with Gasteiger partial charge in [-0.2, -0.15) is 5.10 Å². The Hall–Kier alpha value is -0.900. The molecule has 0 aliphatic heterocycles. The highest BCUT2D eigenvalue weighted by Crippen LogP contribution is 2.30. The fourth-order valence-corrected chi connectivity index (χ4v) is 3.22. The van der Waals surface area contributed by atoms with Gasteiger partial charge in [-0.25, -0.2) is 9.67 Å². The van der Waals surface area contributed by atoms with E-state index in [1.165, 1.54) is 32.1 Å². The second-order valence-corrected chi connectivity index (χ2v) is 6.35. The average Bonchev–Trinajstić information content (AvgIpc) is 2.67. The van der Waals surface area contributed by atoms with E-state index in [-0.39, 0.29) is 0 Å². The minimum Gasteiger partial charge on any atom is -0.330 e. The summed E-state index contributed by atoms with van der Waals surface area (Å²) in [5, 5.41) is 4.37. The maximum absolute atomic E-state index is 5.97. The summed E-state index contributed by atoms with van der Waals surface area (Å²) in [4.78, 5) is 4.47. The molecule has 2 N–H and O–H groups in total. The monoisotopic (exact) mass is 264 g/mol. The van der Waals surface area contributed by atoms with Gasteiger partial charge in [0.15, 0.2) is 0 Å². The fourth-order valence-electron chi connectivity index (χ4n) is 3.22. The van der Waals surface area contributed by atoms with E-state index in [1.807, 2.05) is 0 Å². The van der Waals surface area contributed by atoms with Gasteiger partial charge in [-0.05, 0) is 37.1 Å². The highest BCUT2D eigenvalue weighted by atomic mass is 15.3. The molecule has 1 aliphatic rings. The van der Waals surface area contributed by atoms with Crippen molar-refractivity contribution in [3.63, 3.8) is 0 Å². The molecule has 1 fully saturated rings. The van der Waals surface area contributed by atoms with E-state index < -0.39 is 0 Å². The largest absolute Gasteiger partial charge is 0.330 e. The van der Waals surface area contributed by atoms with E-state index in [9.17, 15) is 0 Å². The molecule has 2 atom stereocenters. The van der Waals surface area contributed by atoms with Gasteiger partial charge in [0.25, 0.3) is 0 Å². The average molecular weight is 264 g/mol. The summed E-state index contributed by atoms with van der Waals surface area (Å²) in [5.74, 6) is 3.13. The van der Waals surface area contributed by atoms with Crippen molar-refractivity contribution in [3.05, 3.63) is 12.2 Å². The lowest BCUT2D eigenvalue weighted by atomic mass is 9.85. The van der Waals surface area contributed by atoms with Gasteiger partial charge in [0.05, 0.1) is 0 Å². The molecular weight excluding hydrogens is 236 g/mol. The number of nitrogens with two attached hydrogens (primary N) is 1. The Morgan fingerprint density at radius 1 is 1.26 bits per heavy atom. The summed E-state index contributed by atoms with van der Waals surface area (Å²) in [5.41, 5.74) is 5.97. The van der Waals surface area contributed by atoms with Crippen LogP contribution in [0.25, 0.3) is 0 Å². The Bertz CT molecular complexity index is 372. The lowest BCUT2D eigenvalue weighted by Crippen LogP contribution is -2.25. The maximum Gasteiger partial charge on any atom is 0.138 e. The first-order valence-corrected chi connectivity index (χ1v) is 7.77. The van der Waals surface area contributed by atoms with Crippen LogP contribution in [0.2, 0.25) is 0 Å². The normalized spacial score (nSPS) is 24.6. The Labute approximate surface area is 116 Å². The number of aromatic nitrogens is 3. The first-order chi connectivity index (χ1) is 9.20. The summed E-state index contributed by atoms with van der Waals surface area (Å²) in [7, 11) is 0. The zero-order valence-corrected chi connectivity index (χ0v) is 12.4. The molecule has 19 heavy (non-hydrogen) atoms. The minimum absolute atomic E-state index is 0.611. The molecule has 0 radical (unpaired) electrons. The second-order valence-electron chi connectivity index (χ2n) is 6.35. The predicted molar refractivity (Wildman–Crippen MR) is 77.7 cm³/mol. The van der Waals surface area contributed by atoms with Gasteiger partial charge in [-0.15, -0.1) is 0 Å². The molecule has 0 saturated heterocycles. The molecule has 0 amide bonds. The van der Waals surface area contributed by atoms with Crippen LogP contribution in [0.3, 0.4) is 0 Å².